The molecule has 0 aliphatic heterocycles. The zero-order valence-corrected chi connectivity index (χ0v) is 17.3. The van der Waals surface area contributed by atoms with Gasteiger partial charge >= 0.3 is 15.6 Å². The van der Waals surface area contributed by atoms with Crippen LogP contribution in [-0.2, 0) is 10.1 Å². The van der Waals surface area contributed by atoms with Crippen molar-refractivity contribution in [2.75, 3.05) is 0 Å². The molecule has 0 fully saturated rings. The molecule has 0 radical (unpaired) electrons. The van der Waals surface area contributed by atoms with Crippen LogP contribution in [0.25, 0.3) is 0 Å². The Morgan fingerprint density at radius 2 is 1.04 bits per heavy atom. The average Bonchev–Trinajstić information content (AvgIpc) is 2.64. The Bertz CT molecular complexity index is 935. The van der Waals surface area contributed by atoms with E-state index in [1.807, 2.05) is 0 Å². The lowest BCUT2D eigenvalue weighted by Gasteiger charge is -2.18. The van der Waals surface area contributed by atoms with Crippen LogP contribution in [0.4, 0.5) is 13.2 Å². The summed E-state index contributed by atoms with van der Waals surface area (Å²) in [5.74, 6) is 0.300. The largest absolute Gasteiger partial charge is 0.522 e. The highest BCUT2D eigenvalue weighted by molar-refractivity contribution is 14.1. The van der Waals surface area contributed by atoms with Gasteiger partial charge in [-0.15, -0.1) is 0 Å². The summed E-state index contributed by atoms with van der Waals surface area (Å²) in [6, 6.07) is 30.2. The van der Waals surface area contributed by atoms with Crippen molar-refractivity contribution in [3.63, 3.8) is 0 Å². The highest BCUT2D eigenvalue weighted by Crippen LogP contribution is 2.31. The second-order valence-electron chi connectivity index (χ2n) is 5.73. The van der Waals surface area contributed by atoms with Crippen LogP contribution >= 0.6 is 22.6 Å². The quantitative estimate of drug-likeness (QED) is 0.204. The lowest BCUT2D eigenvalue weighted by atomic mass is 9.85. The molecule has 148 valence electrons. The van der Waals surface area contributed by atoms with Crippen molar-refractivity contribution < 1.29 is 26.1 Å². The molecule has 0 saturated heterocycles. The van der Waals surface area contributed by atoms with E-state index in [-0.39, 0.29) is 0 Å². The van der Waals surface area contributed by atoms with Crippen molar-refractivity contribution in [2.24, 2.45) is 0 Å². The van der Waals surface area contributed by atoms with Gasteiger partial charge in [-0.1, -0.05) is 72.8 Å². The molecule has 0 saturated carbocycles. The molecule has 3 aromatic carbocycles. The van der Waals surface area contributed by atoms with Gasteiger partial charge in [0.05, 0.1) is 0 Å². The second kappa shape index (κ2) is 9.53. The molecule has 3 nitrogen and oxygen atoms in total. The van der Waals surface area contributed by atoms with Crippen molar-refractivity contribution in [1.82, 2.24) is 0 Å². The number of hydrogen-bond donors (Lipinski definition) is 1. The van der Waals surface area contributed by atoms with Crippen LogP contribution in [-0.4, -0.2) is 18.5 Å². The first-order valence-electron chi connectivity index (χ1n) is 7.98. The first-order valence-corrected chi connectivity index (χ1v) is 10.5. The van der Waals surface area contributed by atoms with Gasteiger partial charge in [-0.3, -0.25) is 4.55 Å². The molecule has 0 amide bonds. The van der Waals surface area contributed by atoms with Crippen molar-refractivity contribution in [1.29, 1.82) is 0 Å². The standard InChI is InChI=1S/C19H15I.CHF3O3S/c20-18-13-11-17(12-14-18)19(15-7-3-1-4-8-15)16-9-5-2-6-10-16;2-1(3,4)8(5,6)7/h1-14,19H;(H,5,6,7). The number of hydrogen-bond acceptors (Lipinski definition) is 2. The van der Waals surface area contributed by atoms with Crippen LogP contribution in [0, 0.1) is 3.57 Å². The minimum atomic E-state index is -5.84. The highest BCUT2D eigenvalue weighted by atomic mass is 127. The van der Waals surface area contributed by atoms with Gasteiger partial charge in [0.1, 0.15) is 0 Å². The molecular weight excluding hydrogens is 504 g/mol. The van der Waals surface area contributed by atoms with Crippen LogP contribution in [0.15, 0.2) is 84.9 Å². The van der Waals surface area contributed by atoms with E-state index in [9.17, 15) is 13.2 Å². The topological polar surface area (TPSA) is 54.4 Å². The van der Waals surface area contributed by atoms with E-state index >= 15 is 0 Å². The van der Waals surface area contributed by atoms with Crippen molar-refractivity contribution in [2.45, 2.75) is 11.4 Å². The molecule has 0 bridgehead atoms. The first-order chi connectivity index (χ1) is 13.1. The first kappa shape index (κ1) is 22.4. The number of benzene rings is 3. The third kappa shape index (κ3) is 6.32. The maximum atomic E-state index is 10.7. The van der Waals surface area contributed by atoms with E-state index in [4.69, 9.17) is 13.0 Å². The maximum Gasteiger partial charge on any atom is 0.522 e. The lowest BCUT2D eigenvalue weighted by molar-refractivity contribution is -0.0510. The van der Waals surface area contributed by atoms with Crippen LogP contribution in [0.1, 0.15) is 22.6 Å². The van der Waals surface area contributed by atoms with Gasteiger partial charge < -0.3 is 0 Å². The SMILES string of the molecule is Ic1ccc(C(c2ccccc2)c2ccccc2)cc1.O=S(=O)(O)C(F)(F)F. The van der Waals surface area contributed by atoms with Crippen LogP contribution in [0.5, 0.6) is 0 Å². The summed E-state index contributed by atoms with van der Waals surface area (Å²) in [5, 5.41) is 0. The fourth-order valence-corrected chi connectivity index (χ4v) is 2.88. The van der Waals surface area contributed by atoms with E-state index in [1.54, 1.807) is 0 Å². The highest BCUT2D eigenvalue weighted by Gasteiger charge is 2.44. The Morgan fingerprint density at radius 1 is 0.714 bits per heavy atom. The molecule has 0 atom stereocenters. The normalized spacial score (nSPS) is 11.6. The summed E-state index contributed by atoms with van der Waals surface area (Å²) in [7, 11) is -5.84. The Hall–Kier alpha value is -1.91. The van der Waals surface area contributed by atoms with E-state index in [2.05, 4.69) is 108 Å². The number of alkyl halides is 3. The Balaban J connectivity index is 0.000000300. The van der Waals surface area contributed by atoms with Crippen molar-refractivity contribution in [3.8, 4) is 0 Å². The molecular formula is C20H16F3IO3S. The molecule has 1 N–H and O–H groups in total. The molecule has 0 aliphatic rings. The van der Waals surface area contributed by atoms with Gasteiger partial charge in [0.15, 0.2) is 0 Å². The summed E-state index contributed by atoms with van der Waals surface area (Å²) in [6.07, 6.45) is 0. The molecule has 0 unspecified atom stereocenters. The van der Waals surface area contributed by atoms with Gasteiger partial charge in [0, 0.05) is 9.49 Å². The third-order valence-corrected chi connectivity index (χ3v) is 5.07. The maximum absolute atomic E-state index is 10.7. The average molecular weight is 520 g/mol. The minimum Gasteiger partial charge on any atom is -0.279 e. The van der Waals surface area contributed by atoms with Crippen molar-refractivity contribution >= 4 is 32.7 Å². The molecule has 28 heavy (non-hydrogen) atoms. The van der Waals surface area contributed by atoms with E-state index < -0.39 is 15.6 Å². The molecule has 0 aliphatic carbocycles. The molecule has 3 aromatic rings. The molecule has 3 rings (SSSR count). The van der Waals surface area contributed by atoms with Gasteiger partial charge in [-0.25, -0.2) is 0 Å². The summed E-state index contributed by atoms with van der Waals surface area (Å²) in [5.41, 5.74) is -1.53. The van der Waals surface area contributed by atoms with Crippen LogP contribution in [0.3, 0.4) is 0 Å². The summed E-state index contributed by atoms with van der Waals surface area (Å²) in [6.45, 7) is 0. The fourth-order valence-electron chi connectivity index (χ4n) is 2.52. The van der Waals surface area contributed by atoms with Crippen LogP contribution in [0.2, 0.25) is 0 Å². The smallest absolute Gasteiger partial charge is 0.279 e. The van der Waals surface area contributed by atoms with E-state index in [1.165, 1.54) is 20.3 Å². The Morgan fingerprint density at radius 3 is 1.36 bits per heavy atom. The molecule has 8 heteroatoms. The van der Waals surface area contributed by atoms with Gasteiger partial charge in [0.25, 0.3) is 0 Å². The van der Waals surface area contributed by atoms with Gasteiger partial charge in [-0.2, -0.15) is 21.6 Å². The summed E-state index contributed by atoms with van der Waals surface area (Å²) < 4.78 is 58.8. The van der Waals surface area contributed by atoms with Gasteiger partial charge in [-0.05, 0) is 51.4 Å². The lowest BCUT2D eigenvalue weighted by Crippen LogP contribution is -2.21. The minimum absolute atomic E-state index is 0.300. The Kier molecular flexibility index (Phi) is 7.62. The number of rotatable bonds is 3. The van der Waals surface area contributed by atoms with Crippen molar-refractivity contribution in [3.05, 3.63) is 105 Å². The van der Waals surface area contributed by atoms with Crippen LogP contribution < -0.4 is 0 Å². The number of halogens is 4. The predicted molar refractivity (Wildman–Crippen MR) is 111 cm³/mol. The van der Waals surface area contributed by atoms with E-state index in [0.29, 0.717) is 5.92 Å². The zero-order valence-electron chi connectivity index (χ0n) is 14.3. The molecule has 0 spiro atoms. The fraction of sp³-hybridized carbons (Fsp3) is 0.100. The molecule has 0 heterocycles. The Labute approximate surface area is 175 Å². The second-order valence-corrected chi connectivity index (χ2v) is 8.39. The summed E-state index contributed by atoms with van der Waals surface area (Å²) in [4.78, 5) is 0. The third-order valence-electron chi connectivity index (χ3n) is 3.76. The van der Waals surface area contributed by atoms with E-state index in [0.717, 1.165) is 0 Å². The monoisotopic (exact) mass is 520 g/mol. The molecule has 0 aromatic heterocycles. The van der Waals surface area contributed by atoms with Gasteiger partial charge in [0.2, 0.25) is 0 Å². The zero-order chi connectivity index (χ0) is 20.8. The predicted octanol–water partition coefficient (Wildman–Crippen LogP) is 5.87. The summed E-state index contributed by atoms with van der Waals surface area (Å²) >= 11 is 2.35.